The zero-order valence-corrected chi connectivity index (χ0v) is 17.4. The Morgan fingerprint density at radius 3 is 2.73 bits per heavy atom. The normalized spacial score (nSPS) is 13.2. The third kappa shape index (κ3) is 4.28. The molecule has 8 heteroatoms. The lowest BCUT2D eigenvalue weighted by Crippen LogP contribution is -2.22. The topological polar surface area (TPSA) is 93.1 Å². The van der Waals surface area contributed by atoms with Gasteiger partial charge in [0, 0.05) is 30.6 Å². The first-order valence-corrected chi connectivity index (χ1v) is 10.1. The number of amides is 1. The van der Waals surface area contributed by atoms with Crippen molar-refractivity contribution in [2.24, 2.45) is 0 Å². The highest BCUT2D eigenvalue weighted by Gasteiger charge is 2.27. The molecule has 156 valence electrons. The summed E-state index contributed by atoms with van der Waals surface area (Å²) in [7, 11) is 1.42. The predicted octanol–water partition coefficient (Wildman–Crippen LogP) is 4.26. The van der Waals surface area contributed by atoms with Crippen molar-refractivity contribution in [1.82, 2.24) is 20.2 Å². The fraction of sp³-hybridized carbons (Fsp3) is 0.318. The summed E-state index contributed by atoms with van der Waals surface area (Å²) in [6.07, 6.45) is 4.22. The van der Waals surface area contributed by atoms with Crippen LogP contribution in [0.4, 0.5) is 23.0 Å². The number of para-hydroxylation sites is 1. The molecule has 3 aromatic rings. The molecule has 30 heavy (non-hydrogen) atoms. The van der Waals surface area contributed by atoms with Crippen LogP contribution in [0, 0.1) is 6.92 Å². The van der Waals surface area contributed by atoms with E-state index in [-0.39, 0.29) is 5.91 Å². The summed E-state index contributed by atoms with van der Waals surface area (Å²) in [6, 6.07) is 11.3. The van der Waals surface area contributed by atoms with Crippen molar-refractivity contribution >= 4 is 28.9 Å². The van der Waals surface area contributed by atoms with E-state index in [0.29, 0.717) is 17.2 Å². The Morgan fingerprint density at radius 1 is 1.20 bits per heavy atom. The largest absolute Gasteiger partial charge is 0.354 e. The molecule has 1 saturated carbocycles. The van der Waals surface area contributed by atoms with Crippen molar-refractivity contribution in [3.05, 3.63) is 59.4 Å². The molecule has 1 aliphatic carbocycles. The van der Waals surface area contributed by atoms with Crippen molar-refractivity contribution < 1.29 is 9.63 Å². The van der Waals surface area contributed by atoms with Gasteiger partial charge in [-0.1, -0.05) is 12.1 Å². The maximum absolute atomic E-state index is 12.4. The number of benzene rings is 1. The van der Waals surface area contributed by atoms with Gasteiger partial charge in [0.15, 0.2) is 0 Å². The molecule has 1 aromatic carbocycles. The average molecular weight is 406 g/mol. The zero-order valence-electron chi connectivity index (χ0n) is 17.4. The fourth-order valence-electron chi connectivity index (χ4n) is 3.46. The first-order chi connectivity index (χ1) is 14.6. The number of rotatable bonds is 8. The van der Waals surface area contributed by atoms with E-state index < -0.39 is 0 Å². The molecule has 1 aliphatic rings. The van der Waals surface area contributed by atoms with E-state index in [9.17, 15) is 4.79 Å². The molecule has 0 saturated heterocycles. The Kier molecular flexibility index (Phi) is 5.67. The quantitative estimate of drug-likeness (QED) is 0.484. The maximum Gasteiger partial charge on any atom is 0.276 e. The lowest BCUT2D eigenvalue weighted by molar-refractivity contribution is 0.0538. The fourth-order valence-corrected chi connectivity index (χ4v) is 3.46. The second-order valence-corrected chi connectivity index (χ2v) is 7.35. The van der Waals surface area contributed by atoms with Crippen molar-refractivity contribution in [1.29, 1.82) is 0 Å². The van der Waals surface area contributed by atoms with Gasteiger partial charge in [0.05, 0.1) is 24.1 Å². The maximum atomic E-state index is 12.4. The number of pyridine rings is 1. The van der Waals surface area contributed by atoms with E-state index in [1.54, 1.807) is 6.07 Å². The van der Waals surface area contributed by atoms with Gasteiger partial charge in [0.2, 0.25) is 0 Å². The minimum atomic E-state index is -0.303. The van der Waals surface area contributed by atoms with Crippen LogP contribution in [-0.2, 0) is 11.4 Å². The number of nitrogens with zero attached hydrogens (tertiary/aromatic N) is 3. The third-order valence-electron chi connectivity index (χ3n) is 5.05. The first kappa shape index (κ1) is 19.9. The van der Waals surface area contributed by atoms with Crippen molar-refractivity contribution in [2.45, 2.75) is 39.2 Å². The lowest BCUT2D eigenvalue weighted by Gasteiger charge is -2.16. The van der Waals surface area contributed by atoms with Gasteiger partial charge in [0.25, 0.3) is 5.91 Å². The molecule has 2 heterocycles. The van der Waals surface area contributed by atoms with Crippen LogP contribution in [0.5, 0.6) is 0 Å². The number of carbonyl (C=O) groups excluding carboxylic acids is 1. The summed E-state index contributed by atoms with van der Waals surface area (Å²) in [5.41, 5.74) is 6.64. The number of aromatic nitrogens is 3. The minimum absolute atomic E-state index is 0.303. The molecule has 0 radical (unpaired) electrons. The van der Waals surface area contributed by atoms with Gasteiger partial charge in [0.1, 0.15) is 11.6 Å². The molecule has 3 N–H and O–H groups in total. The van der Waals surface area contributed by atoms with Crippen LogP contribution in [0.25, 0.3) is 0 Å². The van der Waals surface area contributed by atoms with Crippen molar-refractivity contribution in [3.8, 4) is 0 Å². The average Bonchev–Trinajstić information content (AvgIpc) is 3.51. The Morgan fingerprint density at radius 2 is 2.00 bits per heavy atom. The van der Waals surface area contributed by atoms with Gasteiger partial charge in [-0.05, 0) is 50.3 Å². The van der Waals surface area contributed by atoms with E-state index in [1.165, 1.54) is 7.11 Å². The zero-order chi connectivity index (χ0) is 21.1. The molecule has 0 spiro atoms. The van der Waals surface area contributed by atoms with Crippen molar-refractivity contribution in [3.63, 3.8) is 0 Å². The van der Waals surface area contributed by atoms with E-state index in [0.717, 1.165) is 48.0 Å². The number of anilines is 4. The summed E-state index contributed by atoms with van der Waals surface area (Å²) in [5, 5.41) is 11.3. The summed E-state index contributed by atoms with van der Waals surface area (Å²) in [6.45, 7) is 4.79. The third-order valence-corrected chi connectivity index (χ3v) is 5.05. The molecule has 0 aliphatic heterocycles. The second kappa shape index (κ2) is 8.54. The molecule has 1 fully saturated rings. The van der Waals surface area contributed by atoms with Gasteiger partial charge in [-0.2, -0.15) is 5.10 Å². The van der Waals surface area contributed by atoms with Crippen LogP contribution in [0.1, 0.15) is 47.3 Å². The van der Waals surface area contributed by atoms with E-state index in [4.69, 9.17) is 4.84 Å². The lowest BCUT2D eigenvalue weighted by atomic mass is 10.1. The summed E-state index contributed by atoms with van der Waals surface area (Å²) in [5.74, 6) is 1.81. The summed E-state index contributed by atoms with van der Waals surface area (Å²) >= 11 is 0. The van der Waals surface area contributed by atoms with Crippen LogP contribution in [0.3, 0.4) is 0 Å². The van der Waals surface area contributed by atoms with Crippen LogP contribution in [0.2, 0.25) is 0 Å². The van der Waals surface area contributed by atoms with Gasteiger partial charge in [-0.25, -0.2) is 15.1 Å². The van der Waals surface area contributed by atoms with E-state index in [2.05, 4.69) is 33.1 Å². The highest BCUT2D eigenvalue weighted by molar-refractivity contribution is 5.99. The molecular weight excluding hydrogens is 380 g/mol. The molecular formula is C22H26N6O2. The Balaban J connectivity index is 1.66. The first-order valence-electron chi connectivity index (χ1n) is 10.1. The van der Waals surface area contributed by atoms with Gasteiger partial charge < -0.3 is 10.6 Å². The number of hydrogen-bond donors (Lipinski definition) is 3. The Hall–Kier alpha value is -3.39. The highest BCUT2D eigenvalue weighted by Crippen LogP contribution is 2.44. The Bertz CT molecular complexity index is 1060. The second-order valence-electron chi connectivity index (χ2n) is 7.35. The summed E-state index contributed by atoms with van der Waals surface area (Å²) in [4.78, 5) is 21.8. The molecule has 0 bridgehead atoms. The molecule has 4 rings (SSSR count). The van der Waals surface area contributed by atoms with Gasteiger partial charge in [-0.15, -0.1) is 0 Å². The summed E-state index contributed by atoms with van der Waals surface area (Å²) < 4.78 is 1.91. The van der Waals surface area contributed by atoms with E-state index >= 15 is 0 Å². The van der Waals surface area contributed by atoms with Crippen LogP contribution < -0.4 is 16.1 Å². The SMILES string of the molecule is CCn1nc(C)cc1Nc1cc(Nc2ccccc2C(=O)NOC)c(C2CC2)cn1. The number of nitrogens with one attached hydrogen (secondary N) is 3. The molecule has 2 aromatic heterocycles. The highest BCUT2D eigenvalue weighted by atomic mass is 16.6. The van der Waals surface area contributed by atoms with Gasteiger partial charge in [-0.3, -0.25) is 9.63 Å². The Labute approximate surface area is 175 Å². The number of hydroxylamine groups is 1. The predicted molar refractivity (Wildman–Crippen MR) is 116 cm³/mol. The van der Waals surface area contributed by atoms with Crippen LogP contribution >= 0.6 is 0 Å². The number of carbonyl (C=O) groups is 1. The monoisotopic (exact) mass is 406 g/mol. The van der Waals surface area contributed by atoms with Gasteiger partial charge >= 0.3 is 0 Å². The molecule has 0 unspecified atom stereocenters. The molecule has 1 amide bonds. The standard InChI is InChI=1S/C22H26N6O2/c1-4-28-21(11-14(2)26-28)25-20-12-19(17(13-23-20)15-9-10-15)24-18-8-6-5-7-16(18)22(29)27-30-3/h5-8,11-13,15H,4,9-10H2,1-3H3,(H,27,29)(H2,23,24,25). The number of hydrogen-bond acceptors (Lipinski definition) is 6. The number of aryl methyl sites for hydroxylation is 2. The van der Waals surface area contributed by atoms with Crippen LogP contribution in [-0.4, -0.2) is 27.8 Å². The molecule has 0 atom stereocenters. The minimum Gasteiger partial charge on any atom is -0.354 e. The van der Waals surface area contributed by atoms with E-state index in [1.807, 2.05) is 48.1 Å². The van der Waals surface area contributed by atoms with Crippen LogP contribution in [0.15, 0.2) is 42.6 Å². The van der Waals surface area contributed by atoms with Crippen molar-refractivity contribution in [2.75, 3.05) is 17.7 Å². The smallest absolute Gasteiger partial charge is 0.276 e. The molecule has 8 nitrogen and oxygen atoms in total.